The normalized spacial score (nSPS) is 35.8. The van der Waals surface area contributed by atoms with E-state index in [9.17, 15) is 4.79 Å². The van der Waals surface area contributed by atoms with Crippen LogP contribution < -0.4 is 10.6 Å². The first-order chi connectivity index (χ1) is 11.0. The summed E-state index contributed by atoms with van der Waals surface area (Å²) in [7, 11) is 0. The molecule has 0 spiro atoms. The van der Waals surface area contributed by atoms with E-state index in [4.69, 9.17) is 11.6 Å². The van der Waals surface area contributed by atoms with Crippen molar-refractivity contribution < 1.29 is 4.79 Å². The molecule has 0 aliphatic heterocycles. The fourth-order valence-corrected chi connectivity index (χ4v) is 5.88. The van der Waals surface area contributed by atoms with E-state index in [-0.39, 0.29) is 12.1 Å². The minimum Gasteiger partial charge on any atom is -0.335 e. The van der Waals surface area contributed by atoms with Gasteiger partial charge in [-0.2, -0.15) is 0 Å². The van der Waals surface area contributed by atoms with Gasteiger partial charge in [0, 0.05) is 16.8 Å². The maximum atomic E-state index is 12.3. The van der Waals surface area contributed by atoms with Crippen LogP contribution in [0.3, 0.4) is 0 Å². The molecule has 0 heterocycles. The largest absolute Gasteiger partial charge is 0.335 e. The van der Waals surface area contributed by atoms with Gasteiger partial charge in [0.05, 0.1) is 0 Å². The summed E-state index contributed by atoms with van der Waals surface area (Å²) in [6.45, 7) is 2.20. The Morgan fingerprint density at radius 3 is 2.13 bits per heavy atom. The lowest BCUT2D eigenvalue weighted by molar-refractivity contribution is -0.0679. The molecule has 5 rings (SSSR count). The SMILES string of the molecule is CC(NC(=O)Nc1ccc(Cl)cc1)C12CC3CC(CC(C3)C1)C2. The summed E-state index contributed by atoms with van der Waals surface area (Å²) in [6.07, 6.45) is 8.22. The highest BCUT2D eigenvalue weighted by Crippen LogP contribution is 2.61. The Balaban J connectivity index is 1.40. The average Bonchev–Trinajstić information content (AvgIpc) is 2.48. The first-order valence-corrected chi connectivity index (χ1v) is 9.23. The highest BCUT2D eigenvalue weighted by molar-refractivity contribution is 6.30. The maximum Gasteiger partial charge on any atom is 0.319 e. The van der Waals surface area contributed by atoms with Crippen LogP contribution >= 0.6 is 11.6 Å². The summed E-state index contributed by atoms with van der Waals surface area (Å²) >= 11 is 5.88. The van der Waals surface area contributed by atoms with Crippen LogP contribution in [0, 0.1) is 23.2 Å². The van der Waals surface area contributed by atoms with Gasteiger partial charge < -0.3 is 10.6 Å². The highest BCUT2D eigenvalue weighted by Gasteiger charge is 2.53. The monoisotopic (exact) mass is 332 g/mol. The zero-order valence-corrected chi connectivity index (χ0v) is 14.4. The second-order valence-electron chi connectivity index (χ2n) is 8.11. The molecule has 4 heteroatoms. The molecule has 1 unspecified atom stereocenters. The van der Waals surface area contributed by atoms with E-state index in [1.165, 1.54) is 38.5 Å². The zero-order chi connectivity index (χ0) is 16.0. The molecule has 4 saturated carbocycles. The van der Waals surface area contributed by atoms with Crippen molar-refractivity contribution in [3.05, 3.63) is 29.3 Å². The predicted octanol–water partition coefficient (Wildman–Crippen LogP) is 5.07. The molecule has 0 aromatic heterocycles. The van der Waals surface area contributed by atoms with Crippen molar-refractivity contribution in [2.45, 2.75) is 51.5 Å². The van der Waals surface area contributed by atoms with Gasteiger partial charge in [0.1, 0.15) is 0 Å². The van der Waals surface area contributed by atoms with E-state index >= 15 is 0 Å². The summed E-state index contributed by atoms with van der Waals surface area (Å²) in [6, 6.07) is 7.38. The van der Waals surface area contributed by atoms with Crippen LogP contribution in [0.5, 0.6) is 0 Å². The van der Waals surface area contributed by atoms with Crippen LogP contribution in [0.25, 0.3) is 0 Å². The Hall–Kier alpha value is -1.22. The van der Waals surface area contributed by atoms with Crippen molar-refractivity contribution in [1.29, 1.82) is 0 Å². The van der Waals surface area contributed by atoms with Crippen molar-refractivity contribution in [3.63, 3.8) is 0 Å². The molecule has 3 nitrogen and oxygen atoms in total. The van der Waals surface area contributed by atoms with E-state index in [0.29, 0.717) is 10.4 Å². The number of amides is 2. The lowest BCUT2D eigenvalue weighted by atomic mass is 9.48. The number of urea groups is 1. The highest BCUT2D eigenvalue weighted by atomic mass is 35.5. The van der Waals surface area contributed by atoms with Crippen LogP contribution in [0.2, 0.25) is 5.02 Å². The summed E-state index contributed by atoms with van der Waals surface area (Å²) in [5, 5.41) is 6.82. The molecule has 4 aliphatic rings. The number of benzene rings is 1. The average molecular weight is 333 g/mol. The number of rotatable bonds is 3. The van der Waals surface area contributed by atoms with Crippen LogP contribution in [-0.2, 0) is 0 Å². The molecule has 124 valence electrons. The van der Waals surface area contributed by atoms with Crippen molar-refractivity contribution in [2.24, 2.45) is 23.2 Å². The molecular weight excluding hydrogens is 308 g/mol. The van der Waals surface area contributed by atoms with E-state index in [1.54, 1.807) is 12.1 Å². The second kappa shape index (κ2) is 5.70. The van der Waals surface area contributed by atoms with E-state index in [2.05, 4.69) is 17.6 Å². The van der Waals surface area contributed by atoms with E-state index in [1.807, 2.05) is 12.1 Å². The Kier molecular flexibility index (Phi) is 3.79. The predicted molar refractivity (Wildman–Crippen MR) is 93.7 cm³/mol. The molecule has 2 N–H and O–H groups in total. The van der Waals surface area contributed by atoms with Gasteiger partial charge in [0.2, 0.25) is 0 Å². The quantitative estimate of drug-likeness (QED) is 0.797. The zero-order valence-electron chi connectivity index (χ0n) is 13.6. The summed E-state index contributed by atoms with van der Waals surface area (Å²) in [5.41, 5.74) is 1.12. The topological polar surface area (TPSA) is 41.1 Å². The summed E-state index contributed by atoms with van der Waals surface area (Å²) in [4.78, 5) is 12.3. The number of hydrogen-bond acceptors (Lipinski definition) is 1. The van der Waals surface area contributed by atoms with Crippen LogP contribution in [0.15, 0.2) is 24.3 Å². The van der Waals surface area contributed by atoms with Gasteiger partial charge in [-0.05, 0) is 92.9 Å². The third kappa shape index (κ3) is 2.96. The molecule has 4 bridgehead atoms. The van der Waals surface area contributed by atoms with Crippen molar-refractivity contribution in [3.8, 4) is 0 Å². The minimum atomic E-state index is -0.101. The number of carbonyl (C=O) groups is 1. The second-order valence-corrected chi connectivity index (χ2v) is 8.54. The van der Waals surface area contributed by atoms with Crippen LogP contribution in [-0.4, -0.2) is 12.1 Å². The third-order valence-electron chi connectivity index (χ3n) is 6.45. The summed E-state index contributed by atoms with van der Waals surface area (Å²) < 4.78 is 0. The van der Waals surface area contributed by atoms with Gasteiger partial charge in [-0.1, -0.05) is 11.6 Å². The Labute approximate surface area is 143 Å². The molecule has 1 aromatic rings. The molecule has 2 amide bonds. The molecule has 0 radical (unpaired) electrons. The van der Waals surface area contributed by atoms with Gasteiger partial charge in [0.25, 0.3) is 0 Å². The van der Waals surface area contributed by atoms with Crippen molar-refractivity contribution in [2.75, 3.05) is 5.32 Å². The molecule has 1 aromatic carbocycles. The van der Waals surface area contributed by atoms with Gasteiger partial charge in [-0.25, -0.2) is 4.79 Å². The number of anilines is 1. The third-order valence-corrected chi connectivity index (χ3v) is 6.71. The summed E-state index contributed by atoms with van der Waals surface area (Å²) in [5.74, 6) is 2.72. The Morgan fingerprint density at radius 2 is 1.61 bits per heavy atom. The first-order valence-electron chi connectivity index (χ1n) is 8.85. The van der Waals surface area contributed by atoms with Crippen LogP contribution in [0.4, 0.5) is 10.5 Å². The number of halogens is 1. The van der Waals surface area contributed by atoms with Gasteiger partial charge in [0.15, 0.2) is 0 Å². The molecule has 1 atom stereocenters. The van der Waals surface area contributed by atoms with Gasteiger partial charge >= 0.3 is 6.03 Å². The van der Waals surface area contributed by atoms with Crippen molar-refractivity contribution in [1.82, 2.24) is 5.32 Å². The smallest absolute Gasteiger partial charge is 0.319 e. The van der Waals surface area contributed by atoms with E-state index in [0.717, 1.165) is 23.4 Å². The molecule has 4 fully saturated rings. The fourth-order valence-electron chi connectivity index (χ4n) is 5.76. The van der Waals surface area contributed by atoms with Crippen molar-refractivity contribution >= 4 is 23.3 Å². The fraction of sp³-hybridized carbons (Fsp3) is 0.632. The molecule has 0 saturated heterocycles. The van der Waals surface area contributed by atoms with Gasteiger partial charge in [-0.15, -0.1) is 0 Å². The maximum absolute atomic E-state index is 12.3. The molecule has 4 aliphatic carbocycles. The number of carbonyl (C=O) groups excluding carboxylic acids is 1. The minimum absolute atomic E-state index is 0.101. The molecule has 23 heavy (non-hydrogen) atoms. The molecular formula is C19H25ClN2O. The first kappa shape index (κ1) is 15.3. The number of nitrogens with one attached hydrogen (secondary N) is 2. The Bertz CT molecular complexity index is 563. The van der Waals surface area contributed by atoms with Crippen LogP contribution in [0.1, 0.15) is 45.4 Å². The number of hydrogen-bond donors (Lipinski definition) is 2. The standard InChI is InChI=1S/C19H25ClN2O/c1-12(21-18(23)22-17-4-2-16(20)3-5-17)19-9-13-6-14(10-19)8-15(7-13)11-19/h2-5,12-15H,6-11H2,1H3,(H2,21,22,23). The van der Waals surface area contributed by atoms with E-state index < -0.39 is 0 Å². The Morgan fingerprint density at radius 1 is 1.09 bits per heavy atom. The lowest BCUT2D eigenvalue weighted by Gasteiger charge is -2.59. The lowest BCUT2D eigenvalue weighted by Crippen LogP contribution is -2.56. The van der Waals surface area contributed by atoms with Gasteiger partial charge in [-0.3, -0.25) is 0 Å².